The first-order valence-corrected chi connectivity index (χ1v) is 12.5. The SMILES string of the molecule is CN1C2CCCC1CC(NC(=O)c1cccc3oc(N4CCNCC45CCCC5)nc13)C2.Cl. The van der Waals surface area contributed by atoms with Gasteiger partial charge in [-0.1, -0.05) is 25.3 Å². The van der Waals surface area contributed by atoms with Gasteiger partial charge in [0, 0.05) is 37.8 Å². The second-order valence-electron chi connectivity index (χ2n) is 10.5. The number of halogens is 1. The number of oxazole rings is 1. The third kappa shape index (κ3) is 4.02. The van der Waals surface area contributed by atoms with E-state index < -0.39 is 0 Å². The van der Waals surface area contributed by atoms with Crippen molar-refractivity contribution >= 4 is 35.4 Å². The minimum Gasteiger partial charge on any atom is -0.423 e. The molecule has 2 unspecified atom stereocenters. The molecule has 3 aliphatic heterocycles. The molecule has 1 amide bonds. The lowest BCUT2D eigenvalue weighted by molar-refractivity contribution is 0.0463. The smallest absolute Gasteiger partial charge is 0.298 e. The minimum atomic E-state index is -0.0148. The highest BCUT2D eigenvalue weighted by molar-refractivity contribution is 6.04. The monoisotopic (exact) mass is 473 g/mol. The van der Waals surface area contributed by atoms with Crippen LogP contribution in [-0.2, 0) is 0 Å². The van der Waals surface area contributed by atoms with Gasteiger partial charge < -0.3 is 24.9 Å². The summed E-state index contributed by atoms with van der Waals surface area (Å²) in [7, 11) is 2.25. The van der Waals surface area contributed by atoms with Crippen LogP contribution in [0.15, 0.2) is 22.6 Å². The predicted octanol–water partition coefficient (Wildman–Crippen LogP) is 3.72. The summed E-state index contributed by atoms with van der Waals surface area (Å²) in [5.41, 5.74) is 2.14. The quantitative estimate of drug-likeness (QED) is 0.707. The average molecular weight is 474 g/mol. The Labute approximate surface area is 202 Å². The molecule has 7 nitrogen and oxygen atoms in total. The number of para-hydroxylation sites is 1. The molecule has 1 aromatic heterocycles. The molecule has 0 radical (unpaired) electrons. The number of hydrogen-bond donors (Lipinski definition) is 2. The van der Waals surface area contributed by atoms with E-state index in [0.717, 1.165) is 32.5 Å². The van der Waals surface area contributed by atoms with E-state index in [1.165, 1.54) is 44.9 Å². The number of benzene rings is 1. The van der Waals surface area contributed by atoms with Crippen molar-refractivity contribution < 1.29 is 9.21 Å². The molecule has 3 saturated heterocycles. The third-order valence-electron chi connectivity index (χ3n) is 8.63. The average Bonchev–Trinajstić information content (AvgIpc) is 3.42. The van der Waals surface area contributed by atoms with Crippen molar-refractivity contribution in [2.24, 2.45) is 0 Å². The van der Waals surface area contributed by atoms with Gasteiger partial charge in [-0.05, 0) is 57.7 Å². The molecule has 4 aliphatic rings. The van der Waals surface area contributed by atoms with Crippen LogP contribution >= 0.6 is 12.4 Å². The molecule has 1 saturated carbocycles. The Balaban J connectivity index is 0.00000228. The Morgan fingerprint density at radius 2 is 1.94 bits per heavy atom. The second-order valence-corrected chi connectivity index (χ2v) is 10.5. The van der Waals surface area contributed by atoms with E-state index in [2.05, 4.69) is 27.5 Å². The van der Waals surface area contributed by atoms with Gasteiger partial charge in [-0.2, -0.15) is 4.98 Å². The molecule has 1 aromatic carbocycles. The van der Waals surface area contributed by atoms with Crippen LogP contribution in [-0.4, -0.2) is 66.1 Å². The van der Waals surface area contributed by atoms with E-state index in [1.807, 2.05) is 18.2 Å². The number of fused-ring (bicyclic) bond motifs is 3. The number of amides is 1. The highest BCUT2D eigenvalue weighted by atomic mass is 35.5. The molecule has 180 valence electrons. The summed E-state index contributed by atoms with van der Waals surface area (Å²) in [6.07, 6.45) is 10.7. The van der Waals surface area contributed by atoms with Crippen molar-refractivity contribution in [1.29, 1.82) is 0 Å². The molecule has 2 atom stereocenters. The second kappa shape index (κ2) is 9.08. The number of anilines is 1. The summed E-state index contributed by atoms with van der Waals surface area (Å²) in [6, 6.07) is 7.85. The van der Waals surface area contributed by atoms with Crippen LogP contribution in [0.4, 0.5) is 6.01 Å². The summed E-state index contributed by atoms with van der Waals surface area (Å²) >= 11 is 0. The van der Waals surface area contributed by atoms with Gasteiger partial charge in [-0.3, -0.25) is 4.79 Å². The van der Waals surface area contributed by atoms with Crippen LogP contribution in [0.1, 0.15) is 68.1 Å². The highest BCUT2D eigenvalue weighted by Gasteiger charge is 2.43. The molecule has 6 rings (SSSR count). The molecular weight excluding hydrogens is 438 g/mol. The highest BCUT2D eigenvalue weighted by Crippen LogP contribution is 2.40. The lowest BCUT2D eigenvalue weighted by Crippen LogP contribution is -2.60. The van der Waals surface area contributed by atoms with Gasteiger partial charge in [0.1, 0.15) is 5.52 Å². The number of piperidine rings is 2. The van der Waals surface area contributed by atoms with Gasteiger partial charge >= 0.3 is 0 Å². The van der Waals surface area contributed by atoms with E-state index >= 15 is 0 Å². The zero-order valence-electron chi connectivity index (χ0n) is 19.5. The number of carbonyl (C=O) groups is 1. The molecule has 2 bridgehead atoms. The van der Waals surface area contributed by atoms with Crippen LogP contribution in [0.25, 0.3) is 11.1 Å². The molecule has 1 aliphatic carbocycles. The number of nitrogens with zero attached hydrogens (tertiary/aromatic N) is 3. The van der Waals surface area contributed by atoms with Gasteiger partial charge in [-0.25, -0.2) is 0 Å². The first kappa shape index (κ1) is 22.9. The lowest BCUT2D eigenvalue weighted by Gasteiger charge is -2.47. The first-order chi connectivity index (χ1) is 15.6. The van der Waals surface area contributed by atoms with Gasteiger partial charge in [0.05, 0.1) is 11.1 Å². The maximum atomic E-state index is 13.3. The van der Waals surface area contributed by atoms with Crippen molar-refractivity contribution in [3.8, 4) is 0 Å². The minimum absolute atomic E-state index is 0. The van der Waals surface area contributed by atoms with Crippen molar-refractivity contribution in [3.05, 3.63) is 23.8 Å². The molecule has 4 fully saturated rings. The van der Waals surface area contributed by atoms with Crippen LogP contribution < -0.4 is 15.5 Å². The van der Waals surface area contributed by atoms with Crippen LogP contribution in [0, 0.1) is 0 Å². The van der Waals surface area contributed by atoms with Crippen molar-refractivity contribution in [3.63, 3.8) is 0 Å². The Hall–Kier alpha value is -1.83. The van der Waals surface area contributed by atoms with Crippen molar-refractivity contribution in [2.45, 2.75) is 81.5 Å². The number of piperazine rings is 1. The fourth-order valence-corrected chi connectivity index (χ4v) is 6.86. The molecule has 2 N–H and O–H groups in total. The topological polar surface area (TPSA) is 73.6 Å². The first-order valence-electron chi connectivity index (χ1n) is 12.5. The summed E-state index contributed by atoms with van der Waals surface area (Å²) in [6.45, 7) is 2.82. The van der Waals surface area contributed by atoms with E-state index in [4.69, 9.17) is 9.40 Å². The van der Waals surface area contributed by atoms with Gasteiger partial charge in [0.2, 0.25) is 0 Å². The maximum absolute atomic E-state index is 13.3. The standard InChI is InChI=1S/C25H35N5O2.ClH/c1-29-18-6-4-7-19(29)15-17(14-18)27-23(31)20-8-5-9-21-22(20)28-24(32-21)30-13-12-26-16-25(30)10-2-3-11-25;/h5,8-9,17-19,26H,2-4,6-7,10-16H2,1H3,(H,27,31);1H. The Bertz CT molecular complexity index is 990. The fourth-order valence-electron chi connectivity index (χ4n) is 6.86. The fraction of sp³-hybridized carbons (Fsp3) is 0.680. The maximum Gasteiger partial charge on any atom is 0.298 e. The molecule has 1 spiro atoms. The van der Waals surface area contributed by atoms with Crippen LogP contribution in [0.3, 0.4) is 0 Å². The summed E-state index contributed by atoms with van der Waals surface area (Å²) in [5.74, 6) is -0.0148. The van der Waals surface area contributed by atoms with E-state index in [0.29, 0.717) is 34.8 Å². The molecule has 33 heavy (non-hydrogen) atoms. The van der Waals surface area contributed by atoms with E-state index in [9.17, 15) is 4.79 Å². The zero-order chi connectivity index (χ0) is 21.7. The van der Waals surface area contributed by atoms with Gasteiger partial charge in [-0.15, -0.1) is 12.4 Å². The lowest BCUT2D eigenvalue weighted by atomic mass is 9.82. The van der Waals surface area contributed by atoms with Gasteiger partial charge in [0.25, 0.3) is 11.9 Å². The number of rotatable bonds is 3. The molecule has 2 aromatic rings. The molecular formula is C25H36ClN5O2. The Morgan fingerprint density at radius 1 is 1.18 bits per heavy atom. The van der Waals surface area contributed by atoms with E-state index in [-0.39, 0.29) is 29.9 Å². The summed E-state index contributed by atoms with van der Waals surface area (Å²) in [4.78, 5) is 23.1. The molecule has 8 heteroatoms. The van der Waals surface area contributed by atoms with E-state index in [1.54, 1.807) is 0 Å². The summed E-state index contributed by atoms with van der Waals surface area (Å²) < 4.78 is 6.25. The Kier molecular flexibility index (Phi) is 6.31. The molecule has 4 heterocycles. The van der Waals surface area contributed by atoms with Crippen LogP contribution in [0.5, 0.6) is 0 Å². The number of carbonyl (C=O) groups excluding carboxylic acids is 1. The predicted molar refractivity (Wildman–Crippen MR) is 132 cm³/mol. The van der Waals surface area contributed by atoms with Crippen molar-refractivity contribution in [2.75, 3.05) is 31.6 Å². The third-order valence-corrected chi connectivity index (χ3v) is 8.63. The van der Waals surface area contributed by atoms with Crippen molar-refractivity contribution in [1.82, 2.24) is 20.5 Å². The Morgan fingerprint density at radius 3 is 2.70 bits per heavy atom. The number of nitrogens with one attached hydrogen (secondary N) is 2. The zero-order valence-corrected chi connectivity index (χ0v) is 20.3. The number of aromatic nitrogens is 1. The van der Waals surface area contributed by atoms with Crippen LogP contribution in [0.2, 0.25) is 0 Å². The number of hydrogen-bond acceptors (Lipinski definition) is 6. The normalized spacial score (nSPS) is 29.2. The largest absolute Gasteiger partial charge is 0.423 e. The van der Waals surface area contributed by atoms with Gasteiger partial charge in [0.15, 0.2) is 5.58 Å². The summed E-state index contributed by atoms with van der Waals surface area (Å²) in [5, 5.41) is 6.91.